The summed E-state index contributed by atoms with van der Waals surface area (Å²) in [5, 5.41) is 12.9. The monoisotopic (exact) mass is 284 g/mol. The summed E-state index contributed by atoms with van der Waals surface area (Å²) in [6.07, 6.45) is 0. The smallest absolute Gasteiger partial charge is 0.175 e. The van der Waals surface area contributed by atoms with Crippen LogP contribution < -0.4 is 4.74 Å². The zero-order chi connectivity index (χ0) is 15.1. The number of amidine groups is 1. The van der Waals surface area contributed by atoms with Crippen molar-refractivity contribution in [3.8, 4) is 5.75 Å². The molecule has 4 heteroatoms. The summed E-state index contributed by atoms with van der Waals surface area (Å²) < 4.78 is 5.15. The Kier molecular flexibility index (Phi) is 5.21. The van der Waals surface area contributed by atoms with Gasteiger partial charge in [0.1, 0.15) is 5.75 Å². The van der Waals surface area contributed by atoms with Crippen molar-refractivity contribution in [1.82, 2.24) is 4.90 Å². The molecule has 0 amide bonds. The molecule has 0 radical (unpaired) electrons. The van der Waals surface area contributed by atoms with Gasteiger partial charge in [0.15, 0.2) is 5.84 Å². The highest BCUT2D eigenvalue weighted by molar-refractivity contribution is 5.98. The molecule has 0 heterocycles. The molecule has 0 fully saturated rings. The summed E-state index contributed by atoms with van der Waals surface area (Å²) in [5.41, 5.74) is 2.03. The molecule has 2 aromatic carbocycles. The molecule has 2 rings (SSSR count). The lowest BCUT2D eigenvalue weighted by molar-refractivity contribution is 0.301. The van der Waals surface area contributed by atoms with E-state index >= 15 is 0 Å². The van der Waals surface area contributed by atoms with Gasteiger partial charge in [-0.3, -0.25) is 0 Å². The van der Waals surface area contributed by atoms with Crippen LogP contribution in [0.2, 0.25) is 0 Å². The first-order chi connectivity index (χ1) is 10.3. The van der Waals surface area contributed by atoms with E-state index in [1.54, 1.807) is 7.11 Å². The van der Waals surface area contributed by atoms with Crippen molar-refractivity contribution >= 4 is 5.84 Å². The first-order valence-electron chi connectivity index (χ1n) is 6.93. The minimum Gasteiger partial charge on any atom is -0.497 e. The molecule has 0 atom stereocenters. The molecular formula is C17H20N2O2. The normalized spacial score (nSPS) is 11.2. The molecule has 0 aliphatic rings. The Morgan fingerprint density at radius 2 is 1.76 bits per heavy atom. The lowest BCUT2D eigenvalue weighted by Crippen LogP contribution is -2.31. The van der Waals surface area contributed by atoms with Crippen molar-refractivity contribution in [2.45, 2.75) is 13.5 Å². The number of ether oxygens (including phenoxy) is 1. The van der Waals surface area contributed by atoms with E-state index in [2.05, 4.69) is 17.3 Å². The average molecular weight is 284 g/mol. The Hall–Kier alpha value is -2.49. The summed E-state index contributed by atoms with van der Waals surface area (Å²) in [4.78, 5) is 2.02. The van der Waals surface area contributed by atoms with Gasteiger partial charge in [-0.05, 0) is 36.8 Å². The molecule has 0 bridgehead atoms. The number of benzene rings is 2. The van der Waals surface area contributed by atoms with E-state index in [4.69, 9.17) is 4.74 Å². The van der Waals surface area contributed by atoms with Crippen LogP contribution in [0.15, 0.2) is 59.8 Å². The van der Waals surface area contributed by atoms with Gasteiger partial charge in [-0.1, -0.05) is 35.5 Å². The van der Waals surface area contributed by atoms with Crippen LogP contribution in [0.4, 0.5) is 0 Å². The Morgan fingerprint density at radius 1 is 1.10 bits per heavy atom. The Balaban J connectivity index is 2.21. The number of oxime groups is 1. The number of methoxy groups -OCH3 is 1. The van der Waals surface area contributed by atoms with Gasteiger partial charge in [-0.15, -0.1) is 0 Å². The summed E-state index contributed by atoms with van der Waals surface area (Å²) in [7, 11) is 1.63. The van der Waals surface area contributed by atoms with E-state index in [9.17, 15) is 5.21 Å². The van der Waals surface area contributed by atoms with Gasteiger partial charge in [0.2, 0.25) is 0 Å². The van der Waals surface area contributed by atoms with Gasteiger partial charge in [-0.2, -0.15) is 0 Å². The number of hydrogen-bond acceptors (Lipinski definition) is 3. The standard InChI is InChI=1S/C17H20N2O2/c1-3-19(13-14-7-5-4-6-8-14)17(18-20)15-9-11-16(21-2)12-10-15/h4-12,20H,3,13H2,1-2H3/b18-17+. The van der Waals surface area contributed by atoms with Gasteiger partial charge < -0.3 is 14.8 Å². The first-order valence-corrected chi connectivity index (χ1v) is 6.93. The first kappa shape index (κ1) is 14.9. The largest absolute Gasteiger partial charge is 0.497 e. The third kappa shape index (κ3) is 3.75. The van der Waals surface area contributed by atoms with Gasteiger partial charge >= 0.3 is 0 Å². The lowest BCUT2D eigenvalue weighted by atomic mass is 10.1. The van der Waals surface area contributed by atoms with Crippen LogP contribution in [0.25, 0.3) is 0 Å². The number of hydrogen-bond donors (Lipinski definition) is 1. The third-order valence-corrected chi connectivity index (χ3v) is 3.34. The van der Waals surface area contributed by atoms with E-state index in [-0.39, 0.29) is 0 Å². The average Bonchev–Trinajstić information content (AvgIpc) is 2.56. The zero-order valence-corrected chi connectivity index (χ0v) is 12.4. The van der Waals surface area contributed by atoms with Crippen molar-refractivity contribution < 1.29 is 9.94 Å². The van der Waals surface area contributed by atoms with Crippen LogP contribution in [0.3, 0.4) is 0 Å². The topological polar surface area (TPSA) is 45.1 Å². The summed E-state index contributed by atoms with van der Waals surface area (Å²) in [5.74, 6) is 1.34. The van der Waals surface area contributed by atoms with Crippen LogP contribution in [0.5, 0.6) is 5.75 Å². The fourth-order valence-corrected chi connectivity index (χ4v) is 2.18. The zero-order valence-electron chi connectivity index (χ0n) is 12.4. The van der Waals surface area contributed by atoms with E-state index in [1.807, 2.05) is 54.3 Å². The molecule has 0 unspecified atom stereocenters. The van der Waals surface area contributed by atoms with E-state index < -0.39 is 0 Å². The van der Waals surface area contributed by atoms with Crippen molar-refractivity contribution in [2.75, 3.05) is 13.7 Å². The number of rotatable bonds is 5. The fraction of sp³-hybridized carbons (Fsp3) is 0.235. The quantitative estimate of drug-likeness (QED) is 0.396. The molecule has 0 saturated carbocycles. The summed E-state index contributed by atoms with van der Waals surface area (Å²) in [6, 6.07) is 17.6. The van der Waals surface area contributed by atoms with Gasteiger partial charge in [0.25, 0.3) is 0 Å². The summed E-state index contributed by atoms with van der Waals surface area (Å²) >= 11 is 0. The molecular weight excluding hydrogens is 264 g/mol. The van der Waals surface area contributed by atoms with Crippen LogP contribution in [-0.4, -0.2) is 29.6 Å². The second kappa shape index (κ2) is 7.33. The van der Waals surface area contributed by atoms with Crippen LogP contribution in [0, 0.1) is 0 Å². The summed E-state index contributed by atoms with van der Waals surface area (Å²) in [6.45, 7) is 3.49. The van der Waals surface area contributed by atoms with Crippen molar-refractivity contribution in [1.29, 1.82) is 0 Å². The molecule has 0 spiro atoms. The van der Waals surface area contributed by atoms with E-state index in [0.29, 0.717) is 12.4 Å². The molecule has 2 aromatic rings. The predicted octanol–water partition coefficient (Wildman–Crippen LogP) is 3.35. The van der Waals surface area contributed by atoms with Crippen molar-refractivity contribution in [2.24, 2.45) is 5.16 Å². The molecule has 21 heavy (non-hydrogen) atoms. The molecule has 4 nitrogen and oxygen atoms in total. The second-order valence-corrected chi connectivity index (χ2v) is 4.65. The lowest BCUT2D eigenvalue weighted by Gasteiger charge is -2.24. The minimum absolute atomic E-state index is 0.559. The molecule has 0 aliphatic carbocycles. The maximum atomic E-state index is 9.40. The van der Waals surface area contributed by atoms with E-state index in [0.717, 1.165) is 17.9 Å². The Morgan fingerprint density at radius 3 is 2.29 bits per heavy atom. The second-order valence-electron chi connectivity index (χ2n) is 4.65. The maximum Gasteiger partial charge on any atom is 0.175 e. The molecule has 0 aliphatic heterocycles. The fourth-order valence-electron chi connectivity index (χ4n) is 2.18. The molecule has 1 N–H and O–H groups in total. The Labute approximate surface area is 125 Å². The Bertz CT molecular complexity index is 579. The molecule has 0 saturated heterocycles. The van der Waals surface area contributed by atoms with Gasteiger partial charge in [-0.25, -0.2) is 0 Å². The van der Waals surface area contributed by atoms with Gasteiger partial charge in [0.05, 0.1) is 7.11 Å². The van der Waals surface area contributed by atoms with E-state index in [1.165, 1.54) is 5.56 Å². The van der Waals surface area contributed by atoms with Crippen LogP contribution in [-0.2, 0) is 6.54 Å². The van der Waals surface area contributed by atoms with Crippen molar-refractivity contribution in [3.05, 3.63) is 65.7 Å². The minimum atomic E-state index is 0.559. The third-order valence-electron chi connectivity index (χ3n) is 3.34. The van der Waals surface area contributed by atoms with Crippen LogP contribution in [0.1, 0.15) is 18.1 Å². The SMILES string of the molecule is CCN(Cc1ccccc1)/C(=N/O)c1ccc(OC)cc1. The number of nitrogens with zero attached hydrogens (tertiary/aromatic N) is 2. The molecule has 110 valence electrons. The van der Waals surface area contributed by atoms with Gasteiger partial charge in [0, 0.05) is 18.7 Å². The van der Waals surface area contributed by atoms with Crippen LogP contribution >= 0.6 is 0 Å². The highest BCUT2D eigenvalue weighted by Gasteiger charge is 2.13. The maximum absolute atomic E-state index is 9.40. The predicted molar refractivity (Wildman–Crippen MR) is 83.8 cm³/mol. The molecule has 0 aromatic heterocycles. The highest BCUT2D eigenvalue weighted by atomic mass is 16.5. The van der Waals surface area contributed by atoms with Crippen molar-refractivity contribution in [3.63, 3.8) is 0 Å². The highest BCUT2D eigenvalue weighted by Crippen LogP contribution is 2.15.